The fourth-order valence-corrected chi connectivity index (χ4v) is 6.82. The van der Waals surface area contributed by atoms with Crippen LogP contribution in [0.4, 0.5) is 0 Å². The van der Waals surface area contributed by atoms with E-state index in [4.69, 9.17) is 4.74 Å². The number of hydrogen-bond acceptors (Lipinski definition) is 5. The normalized spacial score (nSPS) is 25.2. The number of hydrogen-bond donors (Lipinski definition) is 1. The summed E-state index contributed by atoms with van der Waals surface area (Å²) in [7, 11) is -3.87. The number of esters is 1. The van der Waals surface area contributed by atoms with Crippen molar-refractivity contribution in [1.82, 2.24) is 4.72 Å². The highest BCUT2D eigenvalue weighted by Gasteiger charge is 2.71. The Morgan fingerprint density at radius 3 is 2.33 bits per heavy atom. The number of halogens is 1. The molecule has 146 valence electrons. The molecule has 1 N–H and O–H groups in total. The summed E-state index contributed by atoms with van der Waals surface area (Å²) in [6.07, 6.45) is 0. The number of sulfonamides is 1. The second-order valence-electron chi connectivity index (χ2n) is 7.71. The van der Waals surface area contributed by atoms with Gasteiger partial charge in [0.15, 0.2) is 0 Å². The fourth-order valence-electron chi connectivity index (χ4n) is 3.36. The van der Waals surface area contributed by atoms with Gasteiger partial charge in [0.1, 0.15) is 15.3 Å². The Bertz CT molecular complexity index is 950. The van der Waals surface area contributed by atoms with Crippen LogP contribution in [0.3, 0.4) is 0 Å². The van der Waals surface area contributed by atoms with Crippen molar-refractivity contribution in [3.63, 3.8) is 0 Å². The predicted octanol–water partition coefficient (Wildman–Crippen LogP) is 4.30. The van der Waals surface area contributed by atoms with Crippen molar-refractivity contribution in [3.05, 3.63) is 51.8 Å². The number of benzene rings is 1. The highest BCUT2D eigenvalue weighted by atomic mass is 79.9. The molecule has 1 aliphatic carbocycles. The predicted molar refractivity (Wildman–Crippen MR) is 109 cm³/mol. The molecule has 1 heterocycles. The van der Waals surface area contributed by atoms with Gasteiger partial charge in [0.25, 0.3) is 10.0 Å². The van der Waals surface area contributed by atoms with Crippen LogP contribution in [0.5, 0.6) is 0 Å². The molecule has 1 aromatic carbocycles. The van der Waals surface area contributed by atoms with E-state index in [2.05, 4.69) is 20.7 Å². The number of rotatable bonds is 5. The average Bonchev–Trinajstić information content (AvgIpc) is 2.89. The van der Waals surface area contributed by atoms with Gasteiger partial charge < -0.3 is 4.74 Å². The van der Waals surface area contributed by atoms with Crippen molar-refractivity contribution < 1.29 is 17.9 Å². The zero-order chi connectivity index (χ0) is 20.0. The fraction of sp³-hybridized carbons (Fsp3) is 0.421. The van der Waals surface area contributed by atoms with Gasteiger partial charge >= 0.3 is 5.97 Å². The second kappa shape index (κ2) is 6.99. The molecule has 1 aliphatic rings. The van der Waals surface area contributed by atoms with Crippen molar-refractivity contribution in [1.29, 1.82) is 0 Å². The van der Waals surface area contributed by atoms with Gasteiger partial charge in [0.2, 0.25) is 0 Å². The zero-order valence-corrected chi connectivity index (χ0v) is 18.7. The van der Waals surface area contributed by atoms with Crippen LogP contribution < -0.4 is 4.72 Å². The molecule has 27 heavy (non-hydrogen) atoms. The third kappa shape index (κ3) is 3.99. The van der Waals surface area contributed by atoms with Crippen LogP contribution in [-0.4, -0.2) is 25.5 Å². The maximum Gasteiger partial charge on any atom is 0.328 e. The number of nitrogens with one attached hydrogen (secondary N) is 1. The number of thiophene rings is 1. The Kier molecular flexibility index (Phi) is 5.31. The minimum Gasteiger partial charge on any atom is -0.459 e. The second-order valence-corrected chi connectivity index (χ2v) is 12.1. The molecule has 5 nitrogen and oxygen atoms in total. The minimum atomic E-state index is -3.87. The van der Waals surface area contributed by atoms with E-state index in [1.54, 1.807) is 26.8 Å². The van der Waals surface area contributed by atoms with Crippen molar-refractivity contribution in [3.8, 4) is 0 Å². The maximum absolute atomic E-state index is 13.1. The lowest BCUT2D eigenvalue weighted by Gasteiger charge is -2.25. The first kappa shape index (κ1) is 20.5. The molecule has 0 spiro atoms. The Hall–Kier alpha value is -1.22. The van der Waals surface area contributed by atoms with Crippen LogP contribution >= 0.6 is 27.3 Å². The van der Waals surface area contributed by atoms with Gasteiger partial charge in [-0.2, -0.15) is 4.72 Å². The van der Waals surface area contributed by atoms with Gasteiger partial charge in [-0.25, -0.2) is 13.2 Å². The van der Waals surface area contributed by atoms with Crippen LogP contribution in [0.1, 0.15) is 39.2 Å². The summed E-state index contributed by atoms with van der Waals surface area (Å²) in [6.45, 7) is 7.19. The van der Waals surface area contributed by atoms with E-state index in [1.165, 1.54) is 6.07 Å². The van der Waals surface area contributed by atoms with Crippen molar-refractivity contribution in [2.24, 2.45) is 5.92 Å². The summed E-state index contributed by atoms with van der Waals surface area (Å²) in [5.41, 5.74) is -1.12. The smallest absolute Gasteiger partial charge is 0.328 e. The Balaban J connectivity index is 2.00. The third-order valence-electron chi connectivity index (χ3n) is 4.61. The largest absolute Gasteiger partial charge is 0.459 e. The first-order valence-corrected chi connectivity index (χ1v) is 11.6. The van der Waals surface area contributed by atoms with Gasteiger partial charge in [-0.1, -0.05) is 37.3 Å². The van der Waals surface area contributed by atoms with Crippen LogP contribution in [-0.2, 0) is 19.6 Å². The van der Waals surface area contributed by atoms with Crippen molar-refractivity contribution in [2.45, 2.75) is 49.0 Å². The molecule has 3 atom stereocenters. The lowest BCUT2D eigenvalue weighted by Crippen LogP contribution is -2.48. The Morgan fingerprint density at radius 2 is 1.81 bits per heavy atom. The lowest BCUT2D eigenvalue weighted by molar-refractivity contribution is -0.158. The Morgan fingerprint density at radius 1 is 1.19 bits per heavy atom. The average molecular weight is 472 g/mol. The summed E-state index contributed by atoms with van der Waals surface area (Å²) >= 11 is 4.38. The summed E-state index contributed by atoms with van der Waals surface area (Å²) < 4.78 is 35.1. The topological polar surface area (TPSA) is 72.5 Å². The SMILES string of the molecule is CC1[C@@H](c2ccccc2)[C@]1(NS(=O)(=O)c1ccc(Br)s1)C(=O)OC(C)(C)C. The minimum absolute atomic E-state index is 0.156. The van der Waals surface area contributed by atoms with Crippen LogP contribution in [0.25, 0.3) is 0 Å². The molecule has 1 unspecified atom stereocenters. The molecular formula is C19H22BrNO4S2. The van der Waals surface area contributed by atoms with Gasteiger partial charge in [-0.15, -0.1) is 11.3 Å². The van der Waals surface area contributed by atoms with Gasteiger partial charge in [0.05, 0.1) is 3.79 Å². The first-order chi connectivity index (χ1) is 12.5. The summed E-state index contributed by atoms with van der Waals surface area (Å²) in [4.78, 5) is 13.1. The zero-order valence-electron chi connectivity index (χ0n) is 15.5. The lowest BCUT2D eigenvalue weighted by atomic mass is 10.1. The van der Waals surface area contributed by atoms with E-state index in [0.717, 1.165) is 16.9 Å². The third-order valence-corrected chi connectivity index (χ3v) is 8.21. The van der Waals surface area contributed by atoms with Gasteiger partial charge in [0, 0.05) is 5.92 Å². The molecule has 0 aliphatic heterocycles. The quantitative estimate of drug-likeness (QED) is 0.659. The van der Waals surface area contributed by atoms with Crippen molar-refractivity contribution in [2.75, 3.05) is 0 Å². The molecule has 0 saturated heterocycles. The molecule has 8 heteroatoms. The molecule has 1 saturated carbocycles. The highest BCUT2D eigenvalue weighted by Crippen LogP contribution is 2.59. The van der Waals surface area contributed by atoms with E-state index in [0.29, 0.717) is 3.79 Å². The molecule has 2 aromatic rings. The number of carbonyl (C=O) groups excluding carboxylic acids is 1. The molecule has 0 radical (unpaired) electrons. The molecule has 0 bridgehead atoms. The molecule has 3 rings (SSSR count). The van der Waals surface area contributed by atoms with Crippen molar-refractivity contribution >= 4 is 43.3 Å². The first-order valence-electron chi connectivity index (χ1n) is 8.55. The monoisotopic (exact) mass is 471 g/mol. The van der Waals surface area contributed by atoms with E-state index >= 15 is 0 Å². The van der Waals surface area contributed by atoms with Gasteiger partial charge in [-0.3, -0.25) is 0 Å². The summed E-state index contributed by atoms with van der Waals surface area (Å²) in [6, 6.07) is 12.6. The Labute approximate surface area is 172 Å². The van der Waals surface area contributed by atoms with E-state index in [-0.39, 0.29) is 16.0 Å². The van der Waals surface area contributed by atoms with E-state index in [9.17, 15) is 13.2 Å². The standard InChI is InChI=1S/C19H22BrNO4S2/c1-12-16(13-8-6-5-7-9-13)19(12,17(22)25-18(2,3)4)21-27(23,24)15-11-10-14(20)26-15/h5-12,16,21H,1-4H3/t12?,16-,19-/m0/s1. The van der Waals surface area contributed by atoms with Gasteiger partial charge in [-0.05, 0) is 60.3 Å². The van der Waals surface area contributed by atoms with Crippen LogP contribution in [0.2, 0.25) is 0 Å². The summed E-state index contributed by atoms with van der Waals surface area (Å²) in [5, 5.41) is 0. The summed E-state index contributed by atoms with van der Waals surface area (Å²) in [5.74, 6) is -1.06. The van der Waals surface area contributed by atoms with Crippen LogP contribution in [0, 0.1) is 5.92 Å². The van der Waals surface area contributed by atoms with E-state index in [1.807, 2.05) is 37.3 Å². The molecule has 1 aromatic heterocycles. The highest BCUT2D eigenvalue weighted by molar-refractivity contribution is 9.11. The molecule has 0 amide bonds. The van der Waals surface area contributed by atoms with Crippen LogP contribution in [0.15, 0.2) is 50.5 Å². The molecule has 1 fully saturated rings. The number of ether oxygens (including phenoxy) is 1. The number of carbonyl (C=O) groups is 1. The maximum atomic E-state index is 13.1. The molecular weight excluding hydrogens is 450 g/mol. The van der Waals surface area contributed by atoms with E-state index < -0.39 is 27.1 Å².